The molecule has 0 fully saturated rings. The van der Waals surface area contributed by atoms with E-state index in [1.807, 2.05) is 6.92 Å². The van der Waals surface area contributed by atoms with Gasteiger partial charge in [0.1, 0.15) is 11.6 Å². The second-order valence-corrected chi connectivity index (χ2v) is 3.55. The Hall–Kier alpha value is -1.00. The van der Waals surface area contributed by atoms with Crippen LogP contribution in [0.5, 0.6) is 0 Å². The molecule has 0 spiro atoms. The number of halogens is 2. The van der Waals surface area contributed by atoms with Crippen LogP contribution in [0.4, 0.5) is 8.78 Å². The molecule has 2 nitrogen and oxygen atoms in total. The highest BCUT2D eigenvalue weighted by molar-refractivity contribution is 5.21. The number of aliphatic hydroxyl groups excluding tert-OH is 1. The van der Waals surface area contributed by atoms with E-state index >= 15 is 0 Å². The first kappa shape index (κ1) is 13.1. The number of ether oxygens (including phenoxy) is 1. The lowest BCUT2D eigenvalue weighted by Crippen LogP contribution is -2.08. The van der Waals surface area contributed by atoms with Crippen molar-refractivity contribution in [3.63, 3.8) is 0 Å². The maximum absolute atomic E-state index is 13.2. The quantitative estimate of drug-likeness (QED) is 0.761. The van der Waals surface area contributed by atoms with Gasteiger partial charge in [0.25, 0.3) is 0 Å². The van der Waals surface area contributed by atoms with Gasteiger partial charge in [-0.2, -0.15) is 0 Å². The van der Waals surface area contributed by atoms with Gasteiger partial charge >= 0.3 is 0 Å². The van der Waals surface area contributed by atoms with Crippen LogP contribution in [0, 0.1) is 11.6 Å². The minimum atomic E-state index is -1.15. The lowest BCUT2D eigenvalue weighted by molar-refractivity contribution is 0.0789. The molecule has 0 aliphatic heterocycles. The van der Waals surface area contributed by atoms with Gasteiger partial charge in [-0.25, -0.2) is 8.78 Å². The van der Waals surface area contributed by atoms with Gasteiger partial charge in [-0.05, 0) is 18.6 Å². The van der Waals surface area contributed by atoms with Gasteiger partial charge in [0.15, 0.2) is 0 Å². The van der Waals surface area contributed by atoms with Crippen LogP contribution in [0.25, 0.3) is 0 Å². The van der Waals surface area contributed by atoms with Gasteiger partial charge in [0, 0.05) is 19.6 Å². The van der Waals surface area contributed by atoms with Crippen molar-refractivity contribution in [1.82, 2.24) is 0 Å². The predicted molar refractivity (Wildman–Crippen MR) is 57.0 cm³/mol. The third-order valence-corrected chi connectivity index (χ3v) is 2.22. The molecule has 1 unspecified atom stereocenters. The molecule has 0 bridgehead atoms. The fourth-order valence-electron chi connectivity index (χ4n) is 1.41. The highest BCUT2D eigenvalue weighted by Gasteiger charge is 2.17. The first-order chi connectivity index (χ1) is 7.66. The summed E-state index contributed by atoms with van der Waals surface area (Å²) in [5.74, 6) is -1.44. The molecule has 1 rings (SSSR count). The zero-order valence-corrected chi connectivity index (χ0v) is 9.25. The number of aliphatic hydroxyl groups is 1. The molecule has 1 atom stereocenters. The van der Waals surface area contributed by atoms with Crippen molar-refractivity contribution in [2.45, 2.75) is 25.9 Å². The molecule has 1 N–H and O–H groups in total. The smallest absolute Gasteiger partial charge is 0.131 e. The van der Waals surface area contributed by atoms with Gasteiger partial charge in [-0.1, -0.05) is 13.0 Å². The van der Waals surface area contributed by atoms with Crippen LogP contribution in [-0.2, 0) is 4.74 Å². The van der Waals surface area contributed by atoms with Crippen molar-refractivity contribution in [1.29, 1.82) is 0 Å². The third kappa shape index (κ3) is 3.54. The van der Waals surface area contributed by atoms with Crippen LogP contribution in [0.3, 0.4) is 0 Å². The Labute approximate surface area is 93.9 Å². The molecule has 1 aromatic rings. The van der Waals surface area contributed by atoms with E-state index in [1.54, 1.807) is 0 Å². The summed E-state index contributed by atoms with van der Waals surface area (Å²) in [6, 6.07) is 3.54. The molecule has 0 saturated heterocycles. The van der Waals surface area contributed by atoms with Crippen molar-refractivity contribution < 1.29 is 18.6 Å². The molecule has 0 radical (unpaired) electrons. The first-order valence-electron chi connectivity index (χ1n) is 5.36. The molecule has 0 aliphatic rings. The van der Waals surface area contributed by atoms with Crippen LogP contribution in [0.15, 0.2) is 18.2 Å². The molecule has 4 heteroatoms. The van der Waals surface area contributed by atoms with Crippen LogP contribution >= 0.6 is 0 Å². The molecule has 0 aliphatic carbocycles. The summed E-state index contributed by atoms with van der Waals surface area (Å²) in [6.07, 6.45) is -0.0831. The molecular weight excluding hydrogens is 214 g/mol. The van der Waals surface area contributed by atoms with E-state index in [1.165, 1.54) is 6.07 Å². The van der Waals surface area contributed by atoms with Gasteiger partial charge in [0.05, 0.1) is 11.7 Å². The van der Waals surface area contributed by atoms with Crippen molar-refractivity contribution in [2.24, 2.45) is 0 Å². The van der Waals surface area contributed by atoms with Crippen LogP contribution in [-0.4, -0.2) is 18.3 Å². The molecule has 0 amide bonds. The predicted octanol–water partition coefficient (Wildman–Crippen LogP) is 2.81. The van der Waals surface area contributed by atoms with E-state index in [0.29, 0.717) is 13.2 Å². The Bertz CT molecular complexity index is 309. The van der Waals surface area contributed by atoms with E-state index < -0.39 is 17.7 Å². The zero-order valence-electron chi connectivity index (χ0n) is 9.25. The van der Waals surface area contributed by atoms with E-state index in [9.17, 15) is 13.9 Å². The minimum absolute atomic E-state index is 0.192. The number of hydrogen-bond acceptors (Lipinski definition) is 2. The fourth-order valence-corrected chi connectivity index (χ4v) is 1.41. The maximum Gasteiger partial charge on any atom is 0.131 e. The highest BCUT2D eigenvalue weighted by Crippen LogP contribution is 2.22. The first-order valence-corrected chi connectivity index (χ1v) is 5.36. The third-order valence-electron chi connectivity index (χ3n) is 2.22. The molecule has 90 valence electrons. The van der Waals surface area contributed by atoms with E-state index in [0.717, 1.165) is 18.6 Å². The van der Waals surface area contributed by atoms with Crippen LogP contribution in [0.1, 0.15) is 31.4 Å². The highest BCUT2D eigenvalue weighted by atomic mass is 19.1. The molecule has 0 saturated carbocycles. The average molecular weight is 230 g/mol. The average Bonchev–Trinajstić information content (AvgIpc) is 2.24. The lowest BCUT2D eigenvalue weighted by atomic mass is 10.1. The maximum atomic E-state index is 13.2. The summed E-state index contributed by atoms with van der Waals surface area (Å²) in [4.78, 5) is 0. The second kappa shape index (κ2) is 6.55. The summed E-state index contributed by atoms with van der Waals surface area (Å²) in [5.41, 5.74) is -0.275. The largest absolute Gasteiger partial charge is 0.388 e. The molecule has 16 heavy (non-hydrogen) atoms. The zero-order chi connectivity index (χ0) is 12.0. The minimum Gasteiger partial charge on any atom is -0.388 e. The second-order valence-electron chi connectivity index (χ2n) is 3.55. The standard InChI is InChI=1S/C12H16F2O2/c1-2-7-16-8-6-11(15)12-9(13)4-3-5-10(12)14/h3-5,11,15H,2,6-8H2,1H3. The fraction of sp³-hybridized carbons (Fsp3) is 0.500. The molecular formula is C12H16F2O2. The summed E-state index contributed by atoms with van der Waals surface area (Å²) in [6.45, 7) is 2.85. The number of benzene rings is 1. The molecule has 0 heterocycles. The Morgan fingerprint density at radius 2 is 1.88 bits per heavy atom. The van der Waals surface area contributed by atoms with Crippen molar-refractivity contribution in [2.75, 3.05) is 13.2 Å². The molecule has 0 aromatic heterocycles. The Balaban J connectivity index is 2.55. The van der Waals surface area contributed by atoms with Gasteiger partial charge in [-0.15, -0.1) is 0 Å². The van der Waals surface area contributed by atoms with Crippen LogP contribution in [0.2, 0.25) is 0 Å². The monoisotopic (exact) mass is 230 g/mol. The summed E-state index contributed by atoms with van der Waals surface area (Å²) >= 11 is 0. The van der Waals surface area contributed by atoms with Gasteiger partial charge in [0.2, 0.25) is 0 Å². The number of hydrogen-bond donors (Lipinski definition) is 1. The summed E-state index contributed by atoms with van der Waals surface area (Å²) in [5, 5.41) is 9.62. The van der Waals surface area contributed by atoms with Crippen molar-refractivity contribution in [3.05, 3.63) is 35.4 Å². The SMILES string of the molecule is CCCOCCC(O)c1c(F)cccc1F. The topological polar surface area (TPSA) is 29.5 Å². The van der Waals surface area contributed by atoms with Crippen molar-refractivity contribution >= 4 is 0 Å². The molecule has 1 aromatic carbocycles. The number of rotatable bonds is 6. The van der Waals surface area contributed by atoms with Crippen LogP contribution < -0.4 is 0 Å². The van der Waals surface area contributed by atoms with Crippen molar-refractivity contribution in [3.8, 4) is 0 Å². The Morgan fingerprint density at radius 3 is 2.44 bits per heavy atom. The van der Waals surface area contributed by atoms with E-state index in [2.05, 4.69) is 0 Å². The summed E-state index contributed by atoms with van der Waals surface area (Å²) < 4.78 is 31.6. The Kier molecular flexibility index (Phi) is 5.35. The summed E-state index contributed by atoms with van der Waals surface area (Å²) in [7, 11) is 0. The normalized spacial score (nSPS) is 12.8. The lowest BCUT2D eigenvalue weighted by Gasteiger charge is -2.12. The Morgan fingerprint density at radius 1 is 1.25 bits per heavy atom. The van der Waals surface area contributed by atoms with E-state index in [4.69, 9.17) is 4.74 Å². The van der Waals surface area contributed by atoms with E-state index in [-0.39, 0.29) is 12.0 Å². The van der Waals surface area contributed by atoms with Gasteiger partial charge in [-0.3, -0.25) is 0 Å². The van der Waals surface area contributed by atoms with Gasteiger partial charge < -0.3 is 9.84 Å².